The smallest absolute Gasteiger partial charge is 0.195 e. The van der Waals surface area contributed by atoms with Gasteiger partial charge < -0.3 is 19.7 Å². The number of nitrogens with zero attached hydrogens (tertiary/aromatic N) is 1. The van der Waals surface area contributed by atoms with Crippen LogP contribution >= 0.6 is 0 Å². The van der Waals surface area contributed by atoms with Gasteiger partial charge in [0.05, 0.1) is 5.76 Å². The second kappa shape index (κ2) is 17.6. The zero-order valence-electron chi connectivity index (χ0n) is 41.0. The van der Waals surface area contributed by atoms with Crippen LogP contribution in [-0.2, 0) is 46.9 Å². The summed E-state index contributed by atoms with van der Waals surface area (Å²) in [6.45, 7) is 25.5. The summed E-state index contributed by atoms with van der Waals surface area (Å²) in [7, 11) is 0. The molecule has 0 amide bonds. The number of aliphatic hydroxyl groups excluding tert-OH is 1. The summed E-state index contributed by atoms with van der Waals surface area (Å²) in [6, 6.07) is 15.6. The van der Waals surface area contributed by atoms with E-state index in [0.717, 1.165) is 66.0 Å². The Kier molecular flexibility index (Phi) is 13.0. The number of carbonyl (C=O) groups excluding carboxylic acids is 1. The summed E-state index contributed by atoms with van der Waals surface area (Å²) in [5.41, 5.74) is 2.66. The summed E-state index contributed by atoms with van der Waals surface area (Å²) in [5.74, 6) is -1.90. The molecule has 1 aliphatic rings. The number of rotatable bonds is 9. The fraction of sp³-hybridized carbons (Fsp3) is 0.538. The number of allylic oxidation sites excluding steroid dienone is 2. The van der Waals surface area contributed by atoms with Crippen molar-refractivity contribution in [2.75, 3.05) is 0 Å². The van der Waals surface area contributed by atoms with E-state index in [-0.39, 0.29) is 60.0 Å². The molecule has 0 fully saturated rings. The van der Waals surface area contributed by atoms with Gasteiger partial charge in [0.15, 0.2) is 11.6 Å². The van der Waals surface area contributed by atoms with Crippen LogP contribution in [0.5, 0.6) is 0 Å². The fourth-order valence-electron chi connectivity index (χ4n) is 8.81. The van der Waals surface area contributed by atoms with Gasteiger partial charge in [-0.2, -0.15) is 0 Å². The van der Waals surface area contributed by atoms with E-state index in [1.54, 1.807) is 33.0 Å². The molecule has 59 heavy (non-hydrogen) atoms. The Morgan fingerprint density at radius 1 is 0.881 bits per heavy atom. The molecule has 0 spiro atoms. The molecule has 1 aliphatic carbocycles. The van der Waals surface area contributed by atoms with Crippen molar-refractivity contribution in [3.05, 3.63) is 88.3 Å². The minimum atomic E-state index is -2.68. The topological polar surface area (TPSA) is 104 Å². The summed E-state index contributed by atoms with van der Waals surface area (Å²) in [5, 5.41) is 37.0. The second-order valence-corrected chi connectivity index (χ2v) is 19.9. The maximum absolute atomic E-state index is 12.1. The van der Waals surface area contributed by atoms with E-state index in [0.29, 0.717) is 33.2 Å². The van der Waals surface area contributed by atoms with Crippen LogP contribution in [0.2, 0.25) is 0 Å². The van der Waals surface area contributed by atoms with E-state index in [1.165, 1.54) is 6.08 Å². The van der Waals surface area contributed by atoms with E-state index in [1.807, 2.05) is 45.9 Å². The maximum Gasteiger partial charge on any atom is 0.195 e. The fourth-order valence-corrected chi connectivity index (χ4v) is 8.81. The van der Waals surface area contributed by atoms with Crippen LogP contribution in [0.3, 0.4) is 0 Å². The van der Waals surface area contributed by atoms with E-state index < -0.39 is 28.9 Å². The van der Waals surface area contributed by atoms with E-state index in [4.69, 9.17) is 13.5 Å². The number of hydrogen-bond donors (Lipinski definition) is 3. The number of pyridine rings is 1. The third-order valence-electron chi connectivity index (χ3n) is 12.9. The van der Waals surface area contributed by atoms with Crippen molar-refractivity contribution in [3.8, 4) is 11.3 Å². The largest absolute Gasteiger partial charge is 0.512 e. The van der Waals surface area contributed by atoms with Crippen molar-refractivity contribution in [3.63, 3.8) is 0 Å². The molecular formula is C52H70IrNO5-. The van der Waals surface area contributed by atoms with Crippen molar-refractivity contribution < 1.29 is 48.7 Å². The van der Waals surface area contributed by atoms with Crippen molar-refractivity contribution in [2.24, 2.45) is 17.3 Å². The first-order valence-electron chi connectivity index (χ1n) is 22.9. The van der Waals surface area contributed by atoms with Crippen LogP contribution in [0.15, 0.2) is 58.8 Å². The molecule has 0 saturated heterocycles. The average molecular weight is 984 g/mol. The molecule has 2 aromatic heterocycles. The number of hydrogen-bond acceptors (Lipinski definition) is 6. The van der Waals surface area contributed by atoms with Gasteiger partial charge in [0, 0.05) is 81.3 Å². The van der Waals surface area contributed by atoms with E-state index in [2.05, 4.69) is 66.7 Å². The van der Waals surface area contributed by atoms with Gasteiger partial charge in [-0.3, -0.25) is 9.78 Å². The van der Waals surface area contributed by atoms with Gasteiger partial charge in [0.2, 0.25) is 0 Å². The predicted molar refractivity (Wildman–Crippen MR) is 241 cm³/mol. The Morgan fingerprint density at radius 2 is 1.46 bits per heavy atom. The Morgan fingerprint density at radius 3 is 2.00 bits per heavy atom. The molecule has 7 heteroatoms. The average Bonchev–Trinajstić information content (AvgIpc) is 3.54. The number of furan rings is 1. The molecule has 6 rings (SSSR count). The molecule has 3 N–H and O–H groups in total. The zero-order chi connectivity index (χ0) is 45.8. The molecule has 2 heterocycles. The molecule has 0 saturated carbocycles. The first-order chi connectivity index (χ1) is 28.1. The quantitative estimate of drug-likeness (QED) is 0.0588. The monoisotopic (exact) mass is 985 g/mol. The molecule has 5 aromatic rings. The third-order valence-corrected chi connectivity index (χ3v) is 12.9. The molecule has 3 aromatic carbocycles. The molecule has 0 atom stereocenters. The van der Waals surface area contributed by atoms with Crippen LogP contribution in [0, 0.1) is 30.2 Å². The number of ketones is 1. The van der Waals surface area contributed by atoms with E-state index >= 15 is 0 Å². The number of benzene rings is 3. The van der Waals surface area contributed by atoms with Crippen molar-refractivity contribution in [1.82, 2.24) is 4.98 Å². The number of aliphatic hydroxyl groups is 3. The number of aromatic nitrogens is 1. The van der Waals surface area contributed by atoms with Gasteiger partial charge in [-0.15, -0.1) is 29.1 Å². The minimum absolute atomic E-state index is 0. The molecular weight excluding hydrogens is 911 g/mol. The first kappa shape index (κ1) is 43.7. The Bertz CT molecular complexity index is 2450. The van der Waals surface area contributed by atoms with Crippen LogP contribution in [0.4, 0.5) is 0 Å². The summed E-state index contributed by atoms with van der Waals surface area (Å²) < 4.78 is 33.6. The predicted octanol–water partition coefficient (Wildman–Crippen LogP) is 13.6. The maximum atomic E-state index is 12.1. The first-order valence-corrected chi connectivity index (χ1v) is 21.4. The van der Waals surface area contributed by atoms with Gasteiger partial charge in [-0.25, -0.2) is 0 Å². The standard InChI is InChI=1S/C39H46NO3.C13H24O2.Ir/c1-22-28-26-16-19-40-32(24-20-23-14-12-13-15-25(23)27(21-24)35(2,3)4)33(26)43-34(28)31-30(29(22)39(41,42)36(5,6)7)37(8,9)17-18-38(31,10)11;1-5-10(6-2)12(14)9-13(15)11(7-3)8-4;/h12-16,19,21,41-42H,17-18H2,1-11H3;9-11,14H,5-8H2,1-4H3;/q-1;;/b;12-9-;/i1D3;;. The Balaban J connectivity index is 0.000000453. The second-order valence-electron chi connectivity index (χ2n) is 19.9. The minimum Gasteiger partial charge on any atom is -0.512 e. The van der Waals surface area contributed by atoms with Crippen molar-refractivity contribution >= 4 is 38.5 Å². The number of fused-ring (bicyclic) bond motifs is 6. The Hall–Kier alpha value is -3.35. The summed E-state index contributed by atoms with van der Waals surface area (Å²) in [6.07, 6.45) is 8.16. The van der Waals surface area contributed by atoms with Crippen LogP contribution in [0.25, 0.3) is 44.0 Å². The van der Waals surface area contributed by atoms with Crippen molar-refractivity contribution in [2.45, 2.75) is 164 Å². The molecule has 0 bridgehead atoms. The normalized spacial score (nSPS) is 16.6. The van der Waals surface area contributed by atoms with Gasteiger partial charge in [0.25, 0.3) is 0 Å². The Labute approximate surface area is 371 Å². The summed E-state index contributed by atoms with van der Waals surface area (Å²) in [4.78, 5) is 16.5. The third kappa shape index (κ3) is 9.01. The van der Waals surface area contributed by atoms with Gasteiger partial charge in [0.1, 0.15) is 11.2 Å². The van der Waals surface area contributed by atoms with Gasteiger partial charge in [-0.05, 0) is 78.8 Å². The SMILES string of the molecule is CCC(CC)C(=O)/C=C(\O)C(CC)CC.[2H]C([2H])([2H])c1c(C(O)(O)C(C)(C)C)c2c(c3oc4c(-c5[c-]c6ccccc6c(C(C)(C)C)c5)nccc4c13)C(C)(C)CCC2(C)C.[Ir]. The molecule has 0 unspecified atom stereocenters. The zero-order valence-corrected chi connectivity index (χ0v) is 40.3. The van der Waals surface area contributed by atoms with Crippen molar-refractivity contribution in [1.29, 1.82) is 0 Å². The molecule has 0 aliphatic heterocycles. The van der Waals surface area contributed by atoms with Crippen LogP contribution in [-0.4, -0.2) is 26.1 Å². The molecule has 1 radical (unpaired) electrons. The van der Waals surface area contributed by atoms with Crippen LogP contribution < -0.4 is 0 Å². The molecule has 6 nitrogen and oxygen atoms in total. The molecule has 323 valence electrons. The number of aryl methyl sites for hydroxylation is 1. The van der Waals surface area contributed by atoms with Gasteiger partial charge >= 0.3 is 0 Å². The summed E-state index contributed by atoms with van der Waals surface area (Å²) >= 11 is 0. The van der Waals surface area contributed by atoms with Crippen LogP contribution in [0.1, 0.15) is 167 Å². The van der Waals surface area contributed by atoms with Gasteiger partial charge in [-0.1, -0.05) is 126 Å². The van der Waals surface area contributed by atoms with E-state index in [9.17, 15) is 20.1 Å². The number of carbonyl (C=O) groups is 1.